The number of hydrogen-bond donors (Lipinski definition) is 1. The van der Waals surface area contributed by atoms with Gasteiger partial charge < -0.3 is 19.0 Å². The van der Waals surface area contributed by atoms with Gasteiger partial charge in [0.1, 0.15) is 35.8 Å². The van der Waals surface area contributed by atoms with Crippen LogP contribution in [0.4, 0.5) is 4.39 Å². The van der Waals surface area contributed by atoms with Gasteiger partial charge in [-0.1, -0.05) is 18.2 Å². The zero-order chi connectivity index (χ0) is 20.5. The van der Waals surface area contributed by atoms with E-state index in [1.165, 1.54) is 12.1 Å². The van der Waals surface area contributed by atoms with Crippen molar-refractivity contribution in [3.63, 3.8) is 0 Å². The Morgan fingerprint density at radius 3 is 2.52 bits per heavy atom. The van der Waals surface area contributed by atoms with Gasteiger partial charge in [0.25, 0.3) is 0 Å². The molecule has 2 aromatic carbocycles. The first-order chi connectivity index (χ1) is 14.1. The minimum atomic E-state index is -0.728. The molecular weight excluding hydrogens is 373 g/mol. The van der Waals surface area contributed by atoms with E-state index in [1.807, 2.05) is 43.3 Å². The highest BCUT2D eigenvalue weighted by Crippen LogP contribution is 2.21. The third-order valence-corrected chi connectivity index (χ3v) is 4.35. The molecule has 1 N–H and O–H groups in total. The number of para-hydroxylation sites is 1. The molecule has 0 aliphatic rings. The average Bonchev–Trinajstić information content (AvgIpc) is 3.22. The zero-order valence-corrected chi connectivity index (χ0v) is 16.5. The molecule has 1 aromatic heterocycles. The first-order valence-electron chi connectivity index (χ1n) is 9.66. The Hall–Kier alpha value is -2.83. The van der Waals surface area contributed by atoms with Crippen LogP contribution in [0.3, 0.4) is 0 Å². The second-order valence-electron chi connectivity index (χ2n) is 6.71. The lowest BCUT2D eigenvalue weighted by Crippen LogP contribution is -2.35. The smallest absolute Gasteiger partial charge is 0.123 e. The van der Waals surface area contributed by atoms with Gasteiger partial charge in [-0.25, -0.2) is 4.39 Å². The summed E-state index contributed by atoms with van der Waals surface area (Å²) in [5.74, 6) is 1.84. The van der Waals surface area contributed by atoms with Crippen molar-refractivity contribution in [1.82, 2.24) is 4.90 Å². The lowest BCUT2D eigenvalue weighted by atomic mass is 10.1. The van der Waals surface area contributed by atoms with Crippen LogP contribution in [-0.2, 0) is 13.1 Å². The first kappa shape index (κ1) is 20.9. The molecule has 0 bridgehead atoms. The molecule has 0 saturated carbocycles. The summed E-state index contributed by atoms with van der Waals surface area (Å²) in [5.41, 5.74) is 1.03. The van der Waals surface area contributed by atoms with Gasteiger partial charge >= 0.3 is 0 Å². The van der Waals surface area contributed by atoms with Crippen molar-refractivity contribution >= 4 is 0 Å². The molecule has 154 valence electrons. The van der Waals surface area contributed by atoms with E-state index in [9.17, 15) is 9.50 Å². The maximum atomic E-state index is 13.0. The number of halogens is 1. The van der Waals surface area contributed by atoms with Crippen molar-refractivity contribution in [3.05, 3.63) is 84.1 Å². The number of furan rings is 1. The molecule has 3 rings (SSSR count). The van der Waals surface area contributed by atoms with Crippen molar-refractivity contribution in [2.24, 2.45) is 0 Å². The average molecular weight is 399 g/mol. The second kappa shape index (κ2) is 10.6. The maximum absolute atomic E-state index is 13.0. The number of aliphatic hydroxyl groups excluding tert-OH is 1. The van der Waals surface area contributed by atoms with Crippen molar-refractivity contribution in [3.8, 4) is 11.5 Å². The Labute approximate surface area is 170 Å². The van der Waals surface area contributed by atoms with Gasteiger partial charge in [0.15, 0.2) is 0 Å². The number of benzene rings is 2. The summed E-state index contributed by atoms with van der Waals surface area (Å²) in [7, 11) is 0. The number of hydrogen-bond acceptors (Lipinski definition) is 5. The van der Waals surface area contributed by atoms with Gasteiger partial charge in [-0.3, -0.25) is 4.90 Å². The number of rotatable bonds is 11. The summed E-state index contributed by atoms with van der Waals surface area (Å²) in [6.07, 6.45) is 0.907. The molecule has 5 nitrogen and oxygen atoms in total. The zero-order valence-electron chi connectivity index (χ0n) is 16.5. The van der Waals surface area contributed by atoms with Crippen LogP contribution in [0.15, 0.2) is 71.3 Å². The Kier molecular flexibility index (Phi) is 7.67. The van der Waals surface area contributed by atoms with Crippen LogP contribution >= 0.6 is 0 Å². The van der Waals surface area contributed by atoms with Crippen LogP contribution in [0.5, 0.6) is 11.5 Å². The number of ether oxygens (including phenoxy) is 2. The molecule has 0 amide bonds. The molecule has 0 aliphatic heterocycles. The summed E-state index contributed by atoms with van der Waals surface area (Å²) in [5, 5.41) is 10.5. The molecule has 1 heterocycles. The predicted molar refractivity (Wildman–Crippen MR) is 108 cm³/mol. The van der Waals surface area contributed by atoms with Crippen LogP contribution in [-0.4, -0.2) is 35.9 Å². The standard InChI is InChI=1S/C23H26FNO4/c1-2-27-23-8-4-3-6-18(23)14-25(16-22-7-5-13-28-22)15-20(26)17-29-21-11-9-19(24)10-12-21/h3-13,20,26H,2,14-17H2,1H3. The molecule has 0 spiro atoms. The summed E-state index contributed by atoms with van der Waals surface area (Å²) in [6, 6.07) is 17.4. The highest BCUT2D eigenvalue weighted by molar-refractivity contribution is 5.33. The molecule has 0 saturated heterocycles. The Balaban J connectivity index is 1.64. The van der Waals surface area contributed by atoms with E-state index in [4.69, 9.17) is 13.9 Å². The summed E-state index contributed by atoms with van der Waals surface area (Å²) < 4.78 is 29.8. The van der Waals surface area contributed by atoms with E-state index in [0.717, 1.165) is 17.1 Å². The number of nitrogens with zero attached hydrogens (tertiary/aromatic N) is 1. The van der Waals surface area contributed by atoms with Crippen LogP contribution in [0.1, 0.15) is 18.2 Å². The molecule has 3 aromatic rings. The third kappa shape index (κ3) is 6.62. The monoisotopic (exact) mass is 399 g/mol. The quantitative estimate of drug-likeness (QED) is 0.522. The second-order valence-corrected chi connectivity index (χ2v) is 6.71. The van der Waals surface area contributed by atoms with Gasteiger partial charge in [0, 0.05) is 18.7 Å². The Morgan fingerprint density at radius 2 is 1.79 bits per heavy atom. The summed E-state index contributed by atoms with van der Waals surface area (Å²) in [6.45, 7) is 4.15. The van der Waals surface area contributed by atoms with E-state index in [1.54, 1.807) is 18.4 Å². The van der Waals surface area contributed by atoms with Gasteiger partial charge in [0.2, 0.25) is 0 Å². The maximum Gasteiger partial charge on any atom is 0.123 e. The van der Waals surface area contributed by atoms with Gasteiger partial charge in [-0.15, -0.1) is 0 Å². The summed E-state index contributed by atoms with van der Waals surface area (Å²) in [4.78, 5) is 2.08. The minimum Gasteiger partial charge on any atom is -0.494 e. The molecule has 0 radical (unpaired) electrons. The SMILES string of the molecule is CCOc1ccccc1CN(Cc1ccco1)CC(O)COc1ccc(F)cc1. The lowest BCUT2D eigenvalue weighted by Gasteiger charge is -2.25. The Morgan fingerprint density at radius 1 is 1.00 bits per heavy atom. The van der Waals surface area contributed by atoms with E-state index in [-0.39, 0.29) is 12.4 Å². The molecule has 0 aliphatic carbocycles. The predicted octanol–water partition coefficient (Wildman–Crippen LogP) is 4.26. The Bertz CT molecular complexity index is 852. The highest BCUT2D eigenvalue weighted by atomic mass is 19.1. The fourth-order valence-electron chi connectivity index (χ4n) is 3.05. The minimum absolute atomic E-state index is 0.105. The molecule has 1 atom stereocenters. The van der Waals surface area contributed by atoms with Crippen molar-refractivity contribution in [2.45, 2.75) is 26.1 Å². The topological polar surface area (TPSA) is 55.1 Å². The third-order valence-electron chi connectivity index (χ3n) is 4.35. The molecule has 29 heavy (non-hydrogen) atoms. The van der Waals surface area contributed by atoms with Gasteiger partial charge in [-0.2, -0.15) is 0 Å². The van der Waals surface area contributed by atoms with E-state index in [2.05, 4.69) is 4.90 Å². The van der Waals surface area contributed by atoms with Crippen LogP contribution in [0.2, 0.25) is 0 Å². The van der Waals surface area contributed by atoms with Gasteiger partial charge in [-0.05, 0) is 49.4 Å². The molecule has 1 unspecified atom stereocenters. The fraction of sp³-hybridized carbons (Fsp3) is 0.304. The van der Waals surface area contributed by atoms with Crippen molar-refractivity contribution < 1.29 is 23.4 Å². The first-order valence-corrected chi connectivity index (χ1v) is 9.66. The van der Waals surface area contributed by atoms with Crippen LogP contribution < -0.4 is 9.47 Å². The largest absolute Gasteiger partial charge is 0.494 e. The molecular formula is C23H26FNO4. The normalized spacial score (nSPS) is 12.1. The van der Waals surface area contributed by atoms with E-state index in [0.29, 0.717) is 32.0 Å². The highest BCUT2D eigenvalue weighted by Gasteiger charge is 2.17. The summed E-state index contributed by atoms with van der Waals surface area (Å²) >= 11 is 0. The van der Waals surface area contributed by atoms with E-state index < -0.39 is 6.10 Å². The fourth-order valence-corrected chi connectivity index (χ4v) is 3.05. The van der Waals surface area contributed by atoms with Crippen molar-refractivity contribution in [1.29, 1.82) is 0 Å². The van der Waals surface area contributed by atoms with Gasteiger partial charge in [0.05, 0.1) is 19.4 Å². The lowest BCUT2D eigenvalue weighted by molar-refractivity contribution is 0.0601. The molecule has 6 heteroatoms. The van der Waals surface area contributed by atoms with Crippen LogP contribution in [0.25, 0.3) is 0 Å². The van der Waals surface area contributed by atoms with Crippen LogP contribution in [0, 0.1) is 5.82 Å². The molecule has 0 fully saturated rings. The van der Waals surface area contributed by atoms with Crippen molar-refractivity contribution in [2.75, 3.05) is 19.8 Å². The van der Waals surface area contributed by atoms with E-state index >= 15 is 0 Å². The number of aliphatic hydroxyl groups is 1.